The van der Waals surface area contributed by atoms with E-state index in [2.05, 4.69) is 20.6 Å². The maximum atomic E-state index is 12.3. The van der Waals surface area contributed by atoms with Crippen LogP contribution < -0.4 is 10.1 Å². The van der Waals surface area contributed by atoms with Crippen LogP contribution in [0.2, 0.25) is 0 Å². The average molecular weight is 394 g/mol. The van der Waals surface area contributed by atoms with Crippen molar-refractivity contribution in [3.63, 3.8) is 0 Å². The molecule has 8 nitrogen and oxygen atoms in total. The van der Waals surface area contributed by atoms with Crippen molar-refractivity contribution in [1.29, 1.82) is 0 Å². The molecule has 1 aliphatic rings. The Morgan fingerprint density at radius 1 is 1.24 bits per heavy atom. The quantitative estimate of drug-likeness (QED) is 0.695. The molecule has 3 aromatic rings. The van der Waals surface area contributed by atoms with E-state index in [9.17, 15) is 4.79 Å². The molecule has 0 radical (unpaired) electrons. The topological polar surface area (TPSA) is 86.9 Å². The van der Waals surface area contributed by atoms with Crippen LogP contribution in [0.25, 0.3) is 16.9 Å². The molecule has 1 fully saturated rings. The zero-order valence-electron chi connectivity index (χ0n) is 16.8. The van der Waals surface area contributed by atoms with Crippen molar-refractivity contribution in [3.8, 4) is 22.7 Å². The van der Waals surface area contributed by atoms with Crippen LogP contribution in [-0.4, -0.2) is 43.6 Å². The standard InChI is InChI=1S/C21H26N6O2/c1-15-11-26(14-22-15)19-9-8-16(10-20(19)29-2)18-12-27(25-24-18)13-21(28)23-17-6-4-3-5-7-17/h8-12,14,17H,3-7,13H2,1-2H3,(H,23,28). The van der Waals surface area contributed by atoms with Gasteiger partial charge in [-0.05, 0) is 31.9 Å². The van der Waals surface area contributed by atoms with Gasteiger partial charge in [0.05, 0.1) is 31.0 Å². The predicted molar refractivity (Wildman–Crippen MR) is 109 cm³/mol. The maximum absolute atomic E-state index is 12.3. The number of hydrogen-bond donors (Lipinski definition) is 1. The third kappa shape index (κ3) is 4.47. The van der Waals surface area contributed by atoms with Crippen LogP contribution in [0, 0.1) is 6.92 Å². The molecular formula is C21H26N6O2. The summed E-state index contributed by atoms with van der Waals surface area (Å²) in [6, 6.07) is 6.14. The van der Waals surface area contributed by atoms with Crippen LogP contribution >= 0.6 is 0 Å². The number of methoxy groups -OCH3 is 1. The minimum atomic E-state index is -0.0169. The van der Waals surface area contributed by atoms with Crippen molar-refractivity contribution in [3.05, 3.63) is 42.6 Å². The highest BCUT2D eigenvalue weighted by Crippen LogP contribution is 2.29. The molecule has 0 bridgehead atoms. The molecule has 0 aliphatic heterocycles. The Bertz CT molecular complexity index is 987. The number of imidazole rings is 1. The van der Waals surface area contributed by atoms with Gasteiger partial charge in [0.1, 0.15) is 18.0 Å². The second kappa shape index (κ2) is 8.46. The van der Waals surface area contributed by atoms with E-state index in [1.54, 1.807) is 24.3 Å². The SMILES string of the molecule is COc1cc(-c2cn(CC(=O)NC3CCCCC3)nn2)ccc1-n1cnc(C)c1. The van der Waals surface area contributed by atoms with Crippen LogP contribution in [-0.2, 0) is 11.3 Å². The molecule has 0 spiro atoms. The fraction of sp³-hybridized carbons (Fsp3) is 0.429. The first-order valence-electron chi connectivity index (χ1n) is 10.0. The smallest absolute Gasteiger partial charge is 0.242 e. The lowest BCUT2D eigenvalue weighted by molar-refractivity contribution is -0.122. The summed E-state index contributed by atoms with van der Waals surface area (Å²) >= 11 is 0. The summed E-state index contributed by atoms with van der Waals surface area (Å²) in [5.41, 5.74) is 3.41. The Hall–Kier alpha value is -3.16. The summed E-state index contributed by atoms with van der Waals surface area (Å²) in [5, 5.41) is 11.4. The van der Waals surface area contributed by atoms with Crippen LogP contribution in [0.1, 0.15) is 37.8 Å². The third-order valence-corrected chi connectivity index (χ3v) is 5.28. The minimum absolute atomic E-state index is 0.0169. The fourth-order valence-corrected chi connectivity index (χ4v) is 3.78. The lowest BCUT2D eigenvalue weighted by atomic mass is 9.95. The molecule has 1 aromatic carbocycles. The van der Waals surface area contributed by atoms with E-state index in [4.69, 9.17) is 4.74 Å². The number of nitrogens with one attached hydrogen (secondary N) is 1. The number of carbonyl (C=O) groups excluding carboxylic acids is 1. The molecule has 0 atom stereocenters. The van der Waals surface area contributed by atoms with Crippen LogP contribution in [0.4, 0.5) is 0 Å². The van der Waals surface area contributed by atoms with Gasteiger partial charge >= 0.3 is 0 Å². The summed E-state index contributed by atoms with van der Waals surface area (Å²) in [4.78, 5) is 16.6. The fourth-order valence-electron chi connectivity index (χ4n) is 3.78. The van der Waals surface area contributed by atoms with E-state index in [0.717, 1.165) is 29.8 Å². The van der Waals surface area contributed by atoms with Gasteiger partial charge in [-0.3, -0.25) is 4.79 Å². The van der Waals surface area contributed by atoms with Gasteiger partial charge in [0, 0.05) is 17.8 Å². The normalized spacial score (nSPS) is 14.7. The molecular weight excluding hydrogens is 368 g/mol. The number of hydrogen-bond acceptors (Lipinski definition) is 5. The van der Waals surface area contributed by atoms with Gasteiger partial charge in [-0.15, -0.1) is 5.10 Å². The van der Waals surface area contributed by atoms with Gasteiger partial charge < -0.3 is 14.6 Å². The highest BCUT2D eigenvalue weighted by Gasteiger charge is 2.17. The van der Waals surface area contributed by atoms with Gasteiger partial charge in [-0.1, -0.05) is 30.5 Å². The highest BCUT2D eigenvalue weighted by atomic mass is 16.5. The van der Waals surface area contributed by atoms with E-state index < -0.39 is 0 Å². The largest absolute Gasteiger partial charge is 0.495 e. The lowest BCUT2D eigenvalue weighted by Gasteiger charge is -2.22. The summed E-state index contributed by atoms with van der Waals surface area (Å²) in [6.45, 7) is 2.12. The van der Waals surface area contributed by atoms with Crippen molar-refractivity contribution in [2.24, 2.45) is 0 Å². The van der Waals surface area contributed by atoms with E-state index in [0.29, 0.717) is 17.5 Å². The van der Waals surface area contributed by atoms with E-state index in [-0.39, 0.29) is 12.5 Å². The summed E-state index contributed by atoms with van der Waals surface area (Å²) in [5.74, 6) is 0.696. The lowest BCUT2D eigenvalue weighted by Crippen LogP contribution is -2.38. The average Bonchev–Trinajstić information content (AvgIpc) is 3.37. The molecule has 4 rings (SSSR count). The Kier molecular flexibility index (Phi) is 5.59. The molecule has 8 heteroatoms. The second-order valence-corrected chi connectivity index (χ2v) is 7.51. The van der Waals surface area contributed by atoms with Crippen molar-refractivity contribution >= 4 is 5.91 Å². The highest BCUT2D eigenvalue weighted by molar-refractivity contribution is 5.76. The molecule has 0 unspecified atom stereocenters. The number of nitrogens with zero attached hydrogens (tertiary/aromatic N) is 5. The Labute approximate surface area is 169 Å². The third-order valence-electron chi connectivity index (χ3n) is 5.28. The summed E-state index contributed by atoms with van der Waals surface area (Å²) < 4.78 is 9.06. The van der Waals surface area contributed by atoms with E-state index >= 15 is 0 Å². The van der Waals surface area contributed by atoms with Crippen LogP contribution in [0.3, 0.4) is 0 Å². The van der Waals surface area contributed by atoms with Crippen molar-refractivity contribution in [2.75, 3.05) is 7.11 Å². The number of benzene rings is 1. The van der Waals surface area contributed by atoms with Gasteiger partial charge in [0.15, 0.2) is 0 Å². The van der Waals surface area contributed by atoms with Crippen molar-refractivity contribution < 1.29 is 9.53 Å². The predicted octanol–water partition coefficient (Wildman–Crippen LogP) is 2.90. The molecule has 1 aliphatic carbocycles. The second-order valence-electron chi connectivity index (χ2n) is 7.51. The molecule has 1 saturated carbocycles. The van der Waals surface area contributed by atoms with Gasteiger partial charge in [-0.2, -0.15) is 0 Å². The van der Waals surface area contributed by atoms with Crippen molar-refractivity contribution in [2.45, 2.75) is 51.6 Å². The molecule has 1 N–H and O–H groups in total. The Morgan fingerprint density at radius 2 is 2.07 bits per heavy atom. The van der Waals surface area contributed by atoms with Crippen LogP contribution in [0.15, 0.2) is 36.9 Å². The van der Waals surface area contributed by atoms with E-state index in [1.165, 1.54) is 19.3 Å². The molecule has 152 valence electrons. The van der Waals surface area contributed by atoms with Gasteiger partial charge in [0.2, 0.25) is 5.91 Å². The number of rotatable bonds is 6. The molecule has 29 heavy (non-hydrogen) atoms. The zero-order chi connectivity index (χ0) is 20.2. The first-order valence-corrected chi connectivity index (χ1v) is 10.0. The zero-order valence-corrected chi connectivity index (χ0v) is 16.8. The molecule has 0 saturated heterocycles. The number of aryl methyl sites for hydroxylation is 1. The number of carbonyl (C=O) groups is 1. The first kappa shape index (κ1) is 19.2. The maximum Gasteiger partial charge on any atom is 0.242 e. The van der Waals surface area contributed by atoms with Gasteiger partial charge in [-0.25, -0.2) is 9.67 Å². The monoisotopic (exact) mass is 394 g/mol. The number of aromatic nitrogens is 5. The number of amides is 1. The Balaban J connectivity index is 1.46. The molecule has 2 heterocycles. The Morgan fingerprint density at radius 3 is 2.79 bits per heavy atom. The van der Waals surface area contributed by atoms with Gasteiger partial charge in [0.25, 0.3) is 0 Å². The minimum Gasteiger partial charge on any atom is -0.495 e. The first-order chi connectivity index (χ1) is 14.1. The molecule has 1 amide bonds. The van der Waals surface area contributed by atoms with Crippen molar-refractivity contribution in [1.82, 2.24) is 29.9 Å². The number of ether oxygens (including phenoxy) is 1. The van der Waals surface area contributed by atoms with E-state index in [1.807, 2.05) is 35.9 Å². The van der Waals surface area contributed by atoms with Crippen LogP contribution in [0.5, 0.6) is 5.75 Å². The summed E-state index contributed by atoms with van der Waals surface area (Å²) in [7, 11) is 1.64. The molecule has 2 aromatic heterocycles. The summed E-state index contributed by atoms with van der Waals surface area (Å²) in [6.07, 6.45) is 11.3.